The molecule has 1 aliphatic carbocycles. The second kappa shape index (κ2) is 7.09. The van der Waals surface area contributed by atoms with Gasteiger partial charge in [0.05, 0.1) is 0 Å². The van der Waals surface area contributed by atoms with E-state index in [0.717, 1.165) is 10.9 Å². The molecule has 0 spiro atoms. The van der Waals surface area contributed by atoms with E-state index in [2.05, 4.69) is 66.3 Å². The molecule has 0 bridgehead atoms. The molecule has 2 heteroatoms. The highest BCUT2D eigenvalue weighted by Gasteiger charge is 2.25. The number of halogens is 1. The Balaban J connectivity index is 1.97. The van der Waals surface area contributed by atoms with Crippen molar-refractivity contribution in [1.82, 2.24) is 5.32 Å². The molecular formula is C18H28BrN. The van der Waals surface area contributed by atoms with Crippen molar-refractivity contribution in [1.29, 1.82) is 0 Å². The highest BCUT2D eigenvalue weighted by atomic mass is 79.9. The quantitative estimate of drug-likeness (QED) is 0.679. The molecule has 112 valence electrons. The molecular weight excluding hydrogens is 310 g/mol. The molecule has 0 radical (unpaired) electrons. The average Bonchev–Trinajstić information content (AvgIpc) is 2.58. The van der Waals surface area contributed by atoms with E-state index in [1.807, 2.05) is 0 Å². The third-order valence-corrected chi connectivity index (χ3v) is 5.22. The zero-order valence-electron chi connectivity index (χ0n) is 13.1. The van der Waals surface area contributed by atoms with Gasteiger partial charge in [0.15, 0.2) is 0 Å². The largest absolute Gasteiger partial charge is 0.307 e. The van der Waals surface area contributed by atoms with E-state index in [9.17, 15) is 0 Å². The number of rotatable bonds is 4. The topological polar surface area (TPSA) is 12.0 Å². The van der Waals surface area contributed by atoms with Gasteiger partial charge in [0.1, 0.15) is 0 Å². The minimum Gasteiger partial charge on any atom is -0.307 e. The van der Waals surface area contributed by atoms with Gasteiger partial charge in [-0.1, -0.05) is 55.3 Å². The first-order valence-electron chi connectivity index (χ1n) is 8.02. The molecule has 1 aromatic rings. The highest BCUT2D eigenvalue weighted by molar-refractivity contribution is 9.10. The Morgan fingerprint density at radius 3 is 2.55 bits per heavy atom. The van der Waals surface area contributed by atoms with Gasteiger partial charge in [-0.05, 0) is 55.2 Å². The molecule has 1 fully saturated rings. The fourth-order valence-electron chi connectivity index (χ4n) is 3.26. The Labute approximate surface area is 132 Å². The van der Waals surface area contributed by atoms with Crippen LogP contribution in [-0.2, 0) is 0 Å². The summed E-state index contributed by atoms with van der Waals surface area (Å²) in [5, 5.41) is 3.90. The maximum absolute atomic E-state index is 3.90. The highest BCUT2D eigenvalue weighted by Crippen LogP contribution is 2.34. The van der Waals surface area contributed by atoms with Gasteiger partial charge in [-0.15, -0.1) is 0 Å². The molecule has 20 heavy (non-hydrogen) atoms. The van der Waals surface area contributed by atoms with E-state index >= 15 is 0 Å². The zero-order chi connectivity index (χ0) is 14.6. The van der Waals surface area contributed by atoms with Crippen molar-refractivity contribution >= 4 is 15.9 Å². The second-order valence-electron chi connectivity index (χ2n) is 6.97. The SMILES string of the molecule is CCC(NC1CCCC(C)(C)CC1)c1ccc(Br)cc1. The third-order valence-electron chi connectivity index (χ3n) is 4.69. The van der Waals surface area contributed by atoms with Crippen molar-refractivity contribution < 1.29 is 0 Å². The van der Waals surface area contributed by atoms with Crippen LogP contribution in [0.25, 0.3) is 0 Å². The maximum Gasteiger partial charge on any atom is 0.0320 e. The third kappa shape index (κ3) is 4.60. The molecule has 0 amide bonds. The first-order chi connectivity index (χ1) is 9.50. The average molecular weight is 338 g/mol. The summed E-state index contributed by atoms with van der Waals surface area (Å²) < 4.78 is 1.16. The van der Waals surface area contributed by atoms with Crippen molar-refractivity contribution in [2.45, 2.75) is 71.4 Å². The van der Waals surface area contributed by atoms with Gasteiger partial charge in [0.2, 0.25) is 0 Å². The summed E-state index contributed by atoms with van der Waals surface area (Å²) in [5.41, 5.74) is 1.95. The molecule has 1 N–H and O–H groups in total. The van der Waals surface area contributed by atoms with Crippen LogP contribution >= 0.6 is 15.9 Å². The van der Waals surface area contributed by atoms with Crippen LogP contribution in [0.3, 0.4) is 0 Å². The molecule has 1 aliphatic rings. The van der Waals surface area contributed by atoms with Crippen molar-refractivity contribution in [3.63, 3.8) is 0 Å². The number of nitrogens with one attached hydrogen (secondary N) is 1. The first-order valence-corrected chi connectivity index (χ1v) is 8.81. The number of benzene rings is 1. The fourth-order valence-corrected chi connectivity index (χ4v) is 3.52. The van der Waals surface area contributed by atoms with Gasteiger partial charge in [-0.2, -0.15) is 0 Å². The second-order valence-corrected chi connectivity index (χ2v) is 7.89. The van der Waals surface area contributed by atoms with Crippen LogP contribution in [-0.4, -0.2) is 6.04 Å². The van der Waals surface area contributed by atoms with E-state index in [-0.39, 0.29) is 0 Å². The number of hydrogen-bond donors (Lipinski definition) is 1. The fraction of sp³-hybridized carbons (Fsp3) is 0.667. The van der Waals surface area contributed by atoms with Crippen LogP contribution in [0.4, 0.5) is 0 Å². The standard InChI is InChI=1S/C18H28BrN/c1-4-17(14-7-9-15(19)10-8-14)20-16-6-5-12-18(2,3)13-11-16/h7-10,16-17,20H,4-6,11-13H2,1-3H3. The molecule has 1 nitrogen and oxygen atoms in total. The van der Waals surface area contributed by atoms with Crippen LogP contribution in [0, 0.1) is 5.41 Å². The molecule has 1 aromatic carbocycles. The van der Waals surface area contributed by atoms with Crippen LogP contribution < -0.4 is 5.32 Å². The van der Waals surface area contributed by atoms with Gasteiger partial charge >= 0.3 is 0 Å². The van der Waals surface area contributed by atoms with Crippen molar-refractivity contribution in [3.8, 4) is 0 Å². The molecule has 2 rings (SSSR count). The van der Waals surface area contributed by atoms with Crippen LogP contribution in [0.15, 0.2) is 28.7 Å². The molecule has 0 saturated heterocycles. The normalized spacial score (nSPS) is 24.1. The van der Waals surface area contributed by atoms with Gasteiger partial charge in [-0.3, -0.25) is 0 Å². The molecule has 1 saturated carbocycles. The summed E-state index contributed by atoms with van der Waals surface area (Å²) in [6, 6.07) is 9.96. The lowest BCUT2D eigenvalue weighted by Crippen LogP contribution is -2.32. The summed E-state index contributed by atoms with van der Waals surface area (Å²) in [6.45, 7) is 7.11. The van der Waals surface area contributed by atoms with Gasteiger partial charge in [0, 0.05) is 16.6 Å². The molecule has 2 atom stereocenters. The number of hydrogen-bond acceptors (Lipinski definition) is 1. The monoisotopic (exact) mass is 337 g/mol. The molecule has 0 aromatic heterocycles. The molecule has 0 heterocycles. The summed E-state index contributed by atoms with van der Waals surface area (Å²) in [4.78, 5) is 0. The smallest absolute Gasteiger partial charge is 0.0320 e. The Morgan fingerprint density at radius 1 is 1.20 bits per heavy atom. The lowest BCUT2D eigenvalue weighted by Gasteiger charge is -2.25. The summed E-state index contributed by atoms with van der Waals surface area (Å²) in [6.07, 6.45) is 7.89. The van der Waals surface area contributed by atoms with Crippen LogP contribution in [0.2, 0.25) is 0 Å². The van der Waals surface area contributed by atoms with E-state index in [4.69, 9.17) is 0 Å². The Kier molecular flexibility index (Phi) is 5.68. The van der Waals surface area contributed by atoms with Crippen LogP contribution in [0.1, 0.15) is 70.9 Å². The summed E-state index contributed by atoms with van der Waals surface area (Å²) >= 11 is 3.52. The van der Waals surface area contributed by atoms with E-state index in [0.29, 0.717) is 17.5 Å². The van der Waals surface area contributed by atoms with Crippen molar-refractivity contribution in [2.24, 2.45) is 5.41 Å². The minimum atomic E-state index is 0.495. The van der Waals surface area contributed by atoms with Gasteiger partial charge in [0.25, 0.3) is 0 Å². The van der Waals surface area contributed by atoms with E-state index < -0.39 is 0 Å². The van der Waals surface area contributed by atoms with Gasteiger partial charge in [-0.25, -0.2) is 0 Å². The minimum absolute atomic E-state index is 0.495. The maximum atomic E-state index is 3.90. The summed E-state index contributed by atoms with van der Waals surface area (Å²) in [7, 11) is 0. The predicted molar refractivity (Wildman–Crippen MR) is 91.0 cm³/mol. The van der Waals surface area contributed by atoms with Crippen LogP contribution in [0.5, 0.6) is 0 Å². The van der Waals surface area contributed by atoms with E-state index in [1.165, 1.54) is 37.7 Å². The first kappa shape index (κ1) is 16.0. The summed E-state index contributed by atoms with van der Waals surface area (Å²) in [5.74, 6) is 0. The Hall–Kier alpha value is -0.340. The van der Waals surface area contributed by atoms with Crippen molar-refractivity contribution in [2.75, 3.05) is 0 Å². The van der Waals surface area contributed by atoms with Crippen molar-refractivity contribution in [3.05, 3.63) is 34.3 Å². The zero-order valence-corrected chi connectivity index (χ0v) is 14.7. The lowest BCUT2D eigenvalue weighted by atomic mass is 9.85. The Morgan fingerprint density at radius 2 is 1.90 bits per heavy atom. The lowest BCUT2D eigenvalue weighted by molar-refractivity contribution is 0.306. The van der Waals surface area contributed by atoms with E-state index in [1.54, 1.807) is 0 Å². The molecule has 2 unspecified atom stereocenters. The predicted octanol–water partition coefficient (Wildman–Crippen LogP) is 5.85. The van der Waals surface area contributed by atoms with Gasteiger partial charge < -0.3 is 5.32 Å². The molecule has 0 aliphatic heterocycles. The Bertz CT molecular complexity index is 410.